The third-order valence-corrected chi connectivity index (χ3v) is 3.27. The van der Waals surface area contributed by atoms with Crippen LogP contribution in [-0.4, -0.2) is 19.1 Å². The monoisotopic (exact) mass is 251 g/mol. The number of imidazole rings is 1. The minimum Gasteiger partial charge on any atom is -0.324 e. The first-order valence-corrected chi connectivity index (χ1v) is 5.91. The quantitative estimate of drug-likeness (QED) is 0.792. The zero-order valence-electron chi connectivity index (χ0n) is 10.7. The highest BCUT2D eigenvalue weighted by atomic mass is 16.2. The minimum atomic E-state index is -0.427. The summed E-state index contributed by atoms with van der Waals surface area (Å²) in [5.74, 6) is 0.582. The second kappa shape index (κ2) is 4.41. The van der Waals surface area contributed by atoms with Gasteiger partial charge in [-0.1, -0.05) is 6.92 Å². The molecule has 2 rings (SSSR count). The number of nitrogens with zero attached hydrogens (tertiary/aromatic N) is 3. The molecular formula is C11H17N5O2. The zero-order valence-corrected chi connectivity index (χ0v) is 10.7. The van der Waals surface area contributed by atoms with E-state index in [2.05, 4.69) is 9.97 Å². The molecule has 0 aliphatic carbocycles. The van der Waals surface area contributed by atoms with Gasteiger partial charge in [0.1, 0.15) is 5.82 Å². The van der Waals surface area contributed by atoms with Crippen LogP contribution in [0, 0.1) is 0 Å². The van der Waals surface area contributed by atoms with Crippen LogP contribution in [0.3, 0.4) is 0 Å². The van der Waals surface area contributed by atoms with Crippen molar-refractivity contribution < 1.29 is 0 Å². The molecule has 2 aromatic heterocycles. The molecule has 2 heterocycles. The molecule has 0 radical (unpaired) electrons. The summed E-state index contributed by atoms with van der Waals surface area (Å²) in [6.45, 7) is 4.11. The van der Waals surface area contributed by atoms with Crippen LogP contribution in [-0.2, 0) is 13.6 Å². The predicted octanol–water partition coefficient (Wildman–Crippen LogP) is -0.147. The van der Waals surface area contributed by atoms with E-state index in [4.69, 9.17) is 5.73 Å². The van der Waals surface area contributed by atoms with Gasteiger partial charge in [0.15, 0.2) is 11.2 Å². The van der Waals surface area contributed by atoms with Gasteiger partial charge >= 0.3 is 5.69 Å². The van der Waals surface area contributed by atoms with Crippen LogP contribution >= 0.6 is 0 Å². The first kappa shape index (κ1) is 12.6. The van der Waals surface area contributed by atoms with Crippen molar-refractivity contribution >= 4 is 11.2 Å². The van der Waals surface area contributed by atoms with Gasteiger partial charge in [0.2, 0.25) is 0 Å². The van der Waals surface area contributed by atoms with E-state index in [0.717, 1.165) is 6.42 Å². The lowest BCUT2D eigenvalue weighted by Crippen LogP contribution is -2.32. The SMILES string of the molecule is CCC(C)n1c(=O)[nH]c(=O)c2c1nc(CN)n2C. The van der Waals surface area contributed by atoms with E-state index in [-0.39, 0.29) is 12.6 Å². The molecule has 98 valence electrons. The Balaban J connectivity index is 2.95. The Morgan fingerprint density at radius 1 is 1.44 bits per heavy atom. The summed E-state index contributed by atoms with van der Waals surface area (Å²) in [5, 5.41) is 0. The molecule has 0 saturated carbocycles. The maximum Gasteiger partial charge on any atom is 0.330 e. The van der Waals surface area contributed by atoms with E-state index in [9.17, 15) is 9.59 Å². The molecule has 0 fully saturated rings. The lowest BCUT2D eigenvalue weighted by molar-refractivity contribution is 0.517. The highest BCUT2D eigenvalue weighted by molar-refractivity contribution is 5.70. The molecule has 3 N–H and O–H groups in total. The Bertz CT molecular complexity index is 694. The maximum atomic E-state index is 11.9. The normalized spacial score (nSPS) is 13.1. The molecule has 0 amide bonds. The Kier molecular flexibility index (Phi) is 3.08. The van der Waals surface area contributed by atoms with Crippen molar-refractivity contribution in [2.24, 2.45) is 12.8 Å². The molecule has 1 atom stereocenters. The van der Waals surface area contributed by atoms with Crippen LogP contribution in [0.4, 0.5) is 0 Å². The highest BCUT2D eigenvalue weighted by Crippen LogP contribution is 2.14. The van der Waals surface area contributed by atoms with Crippen molar-refractivity contribution in [3.05, 3.63) is 26.7 Å². The zero-order chi connectivity index (χ0) is 13.4. The second-order valence-corrected chi connectivity index (χ2v) is 4.35. The van der Waals surface area contributed by atoms with Crippen molar-refractivity contribution in [2.45, 2.75) is 32.9 Å². The average Bonchev–Trinajstić information content (AvgIpc) is 2.66. The van der Waals surface area contributed by atoms with Gasteiger partial charge in [-0.05, 0) is 13.3 Å². The number of H-pyrrole nitrogens is 1. The van der Waals surface area contributed by atoms with Gasteiger partial charge in [0.05, 0.1) is 6.54 Å². The van der Waals surface area contributed by atoms with Crippen LogP contribution in [0.2, 0.25) is 0 Å². The van der Waals surface area contributed by atoms with Crippen molar-refractivity contribution in [2.75, 3.05) is 0 Å². The third kappa shape index (κ3) is 1.67. The molecule has 2 aromatic rings. The Morgan fingerprint density at radius 3 is 2.67 bits per heavy atom. The molecule has 0 aliphatic rings. The third-order valence-electron chi connectivity index (χ3n) is 3.27. The lowest BCUT2D eigenvalue weighted by Gasteiger charge is -2.12. The van der Waals surface area contributed by atoms with Crippen molar-refractivity contribution in [3.8, 4) is 0 Å². The molecule has 1 unspecified atom stereocenters. The number of aromatic nitrogens is 4. The van der Waals surface area contributed by atoms with E-state index in [1.165, 1.54) is 4.57 Å². The van der Waals surface area contributed by atoms with Crippen LogP contribution in [0.5, 0.6) is 0 Å². The Hall–Kier alpha value is -1.89. The van der Waals surface area contributed by atoms with E-state index in [1.807, 2.05) is 13.8 Å². The minimum absolute atomic E-state index is 0.0302. The fraction of sp³-hybridized carbons (Fsp3) is 0.545. The van der Waals surface area contributed by atoms with Crippen molar-refractivity contribution in [3.63, 3.8) is 0 Å². The fourth-order valence-corrected chi connectivity index (χ4v) is 2.04. The molecule has 7 nitrogen and oxygen atoms in total. The maximum absolute atomic E-state index is 11.9. The molecule has 0 aromatic carbocycles. The molecular weight excluding hydrogens is 234 g/mol. The van der Waals surface area contributed by atoms with Gasteiger partial charge < -0.3 is 10.3 Å². The number of rotatable bonds is 3. The Labute approximate surface area is 103 Å². The largest absolute Gasteiger partial charge is 0.330 e. The number of aryl methyl sites for hydroxylation is 1. The summed E-state index contributed by atoms with van der Waals surface area (Å²) < 4.78 is 3.14. The summed E-state index contributed by atoms with van der Waals surface area (Å²) in [6.07, 6.45) is 0.773. The first-order chi connectivity index (χ1) is 8.51. The predicted molar refractivity (Wildman–Crippen MR) is 68.5 cm³/mol. The molecule has 7 heteroatoms. The van der Waals surface area contributed by atoms with Crippen molar-refractivity contribution in [1.82, 2.24) is 19.1 Å². The van der Waals surface area contributed by atoms with Gasteiger partial charge in [0, 0.05) is 13.1 Å². The van der Waals surface area contributed by atoms with E-state index in [0.29, 0.717) is 17.0 Å². The summed E-state index contributed by atoms with van der Waals surface area (Å²) in [5.41, 5.74) is 5.51. The number of hydrogen-bond donors (Lipinski definition) is 2. The van der Waals surface area contributed by atoms with Crippen LogP contribution < -0.4 is 17.0 Å². The van der Waals surface area contributed by atoms with Crippen LogP contribution in [0.1, 0.15) is 32.1 Å². The second-order valence-electron chi connectivity index (χ2n) is 4.35. The van der Waals surface area contributed by atoms with Gasteiger partial charge in [0.25, 0.3) is 5.56 Å². The van der Waals surface area contributed by atoms with Crippen LogP contribution in [0.25, 0.3) is 11.2 Å². The number of hydrogen-bond acceptors (Lipinski definition) is 4. The number of fused-ring (bicyclic) bond motifs is 1. The fourth-order valence-electron chi connectivity index (χ4n) is 2.04. The van der Waals surface area contributed by atoms with Gasteiger partial charge in [-0.25, -0.2) is 9.78 Å². The summed E-state index contributed by atoms with van der Waals surface area (Å²) in [4.78, 5) is 30.4. The van der Waals surface area contributed by atoms with Crippen LogP contribution in [0.15, 0.2) is 9.59 Å². The summed E-state index contributed by atoms with van der Waals surface area (Å²) in [7, 11) is 1.72. The van der Waals surface area contributed by atoms with Gasteiger partial charge in [-0.2, -0.15) is 0 Å². The van der Waals surface area contributed by atoms with Crippen molar-refractivity contribution in [1.29, 1.82) is 0 Å². The molecule has 18 heavy (non-hydrogen) atoms. The van der Waals surface area contributed by atoms with Gasteiger partial charge in [-0.3, -0.25) is 14.3 Å². The molecule has 0 bridgehead atoms. The molecule has 0 saturated heterocycles. The Morgan fingerprint density at radius 2 is 2.11 bits per heavy atom. The lowest BCUT2D eigenvalue weighted by atomic mass is 10.2. The number of aromatic amines is 1. The standard InChI is InChI=1S/C11H17N5O2/c1-4-6(2)16-9-8(10(17)14-11(16)18)15(3)7(5-12)13-9/h6H,4-5,12H2,1-3H3,(H,14,17,18). The smallest absolute Gasteiger partial charge is 0.324 e. The molecule has 0 aliphatic heterocycles. The van der Waals surface area contributed by atoms with E-state index >= 15 is 0 Å². The highest BCUT2D eigenvalue weighted by Gasteiger charge is 2.17. The number of nitrogens with two attached hydrogens (primary N) is 1. The summed E-state index contributed by atoms with van der Waals surface area (Å²) in [6, 6.07) is -0.0302. The molecule has 0 spiro atoms. The first-order valence-electron chi connectivity index (χ1n) is 5.91. The van der Waals surface area contributed by atoms with E-state index < -0.39 is 11.2 Å². The summed E-state index contributed by atoms with van der Waals surface area (Å²) >= 11 is 0. The number of nitrogens with one attached hydrogen (secondary N) is 1. The average molecular weight is 251 g/mol. The topological polar surface area (TPSA) is 98.7 Å². The van der Waals surface area contributed by atoms with Gasteiger partial charge in [-0.15, -0.1) is 0 Å². The van der Waals surface area contributed by atoms with E-state index in [1.54, 1.807) is 11.6 Å².